The molecule has 1 unspecified atom stereocenters. The van der Waals surface area contributed by atoms with Crippen molar-refractivity contribution in [1.29, 1.82) is 0 Å². The zero-order valence-electron chi connectivity index (χ0n) is 8.36. The average Bonchev–Trinajstić information content (AvgIpc) is 2.59. The number of thiophene rings is 1. The molecule has 0 amide bonds. The predicted molar refractivity (Wildman–Crippen MR) is 59.0 cm³/mol. The quantitative estimate of drug-likeness (QED) is 0.785. The van der Waals surface area contributed by atoms with Gasteiger partial charge < -0.3 is 5.73 Å². The molecule has 0 aliphatic rings. The van der Waals surface area contributed by atoms with Crippen LogP contribution >= 0.6 is 11.3 Å². The van der Waals surface area contributed by atoms with E-state index in [0.717, 1.165) is 6.54 Å². The Balaban J connectivity index is 2.62. The van der Waals surface area contributed by atoms with E-state index in [1.54, 1.807) is 11.3 Å². The van der Waals surface area contributed by atoms with Crippen LogP contribution in [0.1, 0.15) is 24.9 Å². The first-order valence-electron chi connectivity index (χ1n) is 4.72. The van der Waals surface area contributed by atoms with Gasteiger partial charge in [0.2, 0.25) is 0 Å². The number of nitrogens with two attached hydrogens (primary N) is 1. The van der Waals surface area contributed by atoms with E-state index in [1.165, 1.54) is 12.0 Å². The maximum Gasteiger partial charge on any atom is 0.0475 e. The predicted octanol–water partition coefficient (Wildman–Crippen LogP) is 2.09. The van der Waals surface area contributed by atoms with Crippen molar-refractivity contribution < 1.29 is 0 Å². The van der Waals surface area contributed by atoms with Gasteiger partial charge in [0.25, 0.3) is 0 Å². The Bertz CT molecular complexity index is 221. The molecule has 0 bridgehead atoms. The third-order valence-electron chi connectivity index (χ3n) is 2.26. The SMILES string of the molecule is CCCN(C)C(CN)c1ccsc1. The Hall–Kier alpha value is -0.380. The summed E-state index contributed by atoms with van der Waals surface area (Å²) in [4.78, 5) is 2.32. The van der Waals surface area contributed by atoms with E-state index in [9.17, 15) is 0 Å². The fourth-order valence-electron chi connectivity index (χ4n) is 1.54. The van der Waals surface area contributed by atoms with Crippen molar-refractivity contribution in [3.8, 4) is 0 Å². The molecule has 1 heterocycles. The fraction of sp³-hybridized carbons (Fsp3) is 0.600. The summed E-state index contributed by atoms with van der Waals surface area (Å²) in [5.74, 6) is 0. The van der Waals surface area contributed by atoms with E-state index in [2.05, 4.69) is 35.7 Å². The Labute approximate surface area is 84.4 Å². The summed E-state index contributed by atoms with van der Waals surface area (Å²) in [6.07, 6.45) is 1.18. The molecule has 0 aliphatic carbocycles. The summed E-state index contributed by atoms with van der Waals surface area (Å²) >= 11 is 1.74. The van der Waals surface area contributed by atoms with Gasteiger partial charge >= 0.3 is 0 Å². The highest BCUT2D eigenvalue weighted by Crippen LogP contribution is 2.20. The third-order valence-corrected chi connectivity index (χ3v) is 2.96. The van der Waals surface area contributed by atoms with Crippen molar-refractivity contribution >= 4 is 11.3 Å². The second kappa shape index (κ2) is 5.37. The number of likely N-dealkylation sites (N-methyl/N-ethyl adjacent to an activating group) is 1. The standard InChI is InChI=1S/C10H18N2S/c1-3-5-12(2)10(7-11)9-4-6-13-8-9/h4,6,8,10H,3,5,7,11H2,1-2H3. The maximum atomic E-state index is 5.76. The van der Waals surface area contributed by atoms with Crippen LogP contribution in [0.2, 0.25) is 0 Å². The van der Waals surface area contributed by atoms with Gasteiger partial charge in [-0.1, -0.05) is 6.92 Å². The van der Waals surface area contributed by atoms with Gasteiger partial charge in [-0.25, -0.2) is 0 Å². The summed E-state index contributed by atoms with van der Waals surface area (Å²) in [6.45, 7) is 4.00. The van der Waals surface area contributed by atoms with Gasteiger partial charge in [-0.05, 0) is 42.4 Å². The van der Waals surface area contributed by atoms with Crippen molar-refractivity contribution in [2.75, 3.05) is 20.1 Å². The van der Waals surface area contributed by atoms with Crippen LogP contribution in [0.25, 0.3) is 0 Å². The highest BCUT2D eigenvalue weighted by molar-refractivity contribution is 7.07. The molecule has 0 saturated carbocycles. The monoisotopic (exact) mass is 198 g/mol. The Kier molecular flexibility index (Phi) is 4.42. The van der Waals surface area contributed by atoms with Crippen LogP contribution in [-0.4, -0.2) is 25.0 Å². The van der Waals surface area contributed by atoms with Crippen molar-refractivity contribution in [2.24, 2.45) is 5.73 Å². The lowest BCUT2D eigenvalue weighted by Gasteiger charge is -2.25. The molecule has 2 N–H and O–H groups in total. The topological polar surface area (TPSA) is 29.3 Å². The normalized spacial score (nSPS) is 13.5. The lowest BCUT2D eigenvalue weighted by Crippen LogP contribution is -2.30. The van der Waals surface area contributed by atoms with Crippen molar-refractivity contribution in [2.45, 2.75) is 19.4 Å². The number of nitrogens with zero attached hydrogens (tertiary/aromatic N) is 1. The van der Waals surface area contributed by atoms with Crippen molar-refractivity contribution in [3.63, 3.8) is 0 Å². The van der Waals surface area contributed by atoms with E-state index in [0.29, 0.717) is 12.6 Å². The van der Waals surface area contributed by atoms with Gasteiger partial charge in [0, 0.05) is 12.6 Å². The summed E-state index contributed by atoms with van der Waals surface area (Å²) in [5, 5.41) is 4.29. The van der Waals surface area contributed by atoms with Crippen LogP contribution in [0.15, 0.2) is 16.8 Å². The van der Waals surface area contributed by atoms with E-state index in [-0.39, 0.29) is 0 Å². The molecule has 1 aromatic heterocycles. The maximum absolute atomic E-state index is 5.76. The lowest BCUT2D eigenvalue weighted by atomic mass is 10.1. The Morgan fingerprint density at radius 1 is 1.62 bits per heavy atom. The van der Waals surface area contributed by atoms with E-state index < -0.39 is 0 Å². The lowest BCUT2D eigenvalue weighted by molar-refractivity contribution is 0.251. The highest BCUT2D eigenvalue weighted by atomic mass is 32.1. The molecule has 1 aromatic rings. The molecule has 0 saturated heterocycles. The zero-order chi connectivity index (χ0) is 9.68. The molecule has 74 valence electrons. The molecule has 13 heavy (non-hydrogen) atoms. The van der Waals surface area contributed by atoms with E-state index >= 15 is 0 Å². The summed E-state index contributed by atoms with van der Waals surface area (Å²) in [5.41, 5.74) is 7.11. The summed E-state index contributed by atoms with van der Waals surface area (Å²) in [7, 11) is 2.14. The second-order valence-corrected chi connectivity index (χ2v) is 4.07. The first-order valence-corrected chi connectivity index (χ1v) is 5.66. The van der Waals surface area contributed by atoms with Crippen LogP contribution < -0.4 is 5.73 Å². The first kappa shape index (κ1) is 10.7. The summed E-state index contributed by atoms with van der Waals surface area (Å²) < 4.78 is 0. The van der Waals surface area contributed by atoms with Crippen molar-refractivity contribution in [1.82, 2.24) is 4.90 Å². The molecule has 1 rings (SSSR count). The minimum absolute atomic E-state index is 0.395. The molecular formula is C10H18N2S. The molecule has 0 aliphatic heterocycles. The Morgan fingerprint density at radius 2 is 2.38 bits per heavy atom. The minimum atomic E-state index is 0.395. The minimum Gasteiger partial charge on any atom is -0.329 e. The van der Waals surface area contributed by atoms with Crippen LogP contribution in [0.5, 0.6) is 0 Å². The van der Waals surface area contributed by atoms with Gasteiger partial charge in [0.15, 0.2) is 0 Å². The van der Waals surface area contributed by atoms with Crippen LogP contribution in [-0.2, 0) is 0 Å². The molecule has 2 nitrogen and oxygen atoms in total. The van der Waals surface area contributed by atoms with Gasteiger partial charge in [-0.3, -0.25) is 4.90 Å². The number of rotatable bonds is 5. The van der Waals surface area contributed by atoms with E-state index in [4.69, 9.17) is 5.73 Å². The van der Waals surface area contributed by atoms with Crippen molar-refractivity contribution in [3.05, 3.63) is 22.4 Å². The molecule has 0 aromatic carbocycles. The zero-order valence-corrected chi connectivity index (χ0v) is 9.18. The smallest absolute Gasteiger partial charge is 0.0475 e. The van der Waals surface area contributed by atoms with Gasteiger partial charge in [0.1, 0.15) is 0 Å². The molecular weight excluding hydrogens is 180 g/mol. The molecule has 0 spiro atoms. The fourth-order valence-corrected chi connectivity index (χ4v) is 2.25. The van der Waals surface area contributed by atoms with Gasteiger partial charge in [-0.15, -0.1) is 0 Å². The summed E-state index contributed by atoms with van der Waals surface area (Å²) in [6, 6.07) is 2.56. The molecule has 1 atom stereocenters. The van der Waals surface area contributed by atoms with Gasteiger partial charge in [0.05, 0.1) is 0 Å². The second-order valence-electron chi connectivity index (χ2n) is 3.29. The van der Waals surface area contributed by atoms with Crippen LogP contribution in [0, 0.1) is 0 Å². The average molecular weight is 198 g/mol. The highest BCUT2D eigenvalue weighted by Gasteiger charge is 2.14. The number of hydrogen-bond donors (Lipinski definition) is 1. The third kappa shape index (κ3) is 2.79. The molecule has 0 fully saturated rings. The van der Waals surface area contributed by atoms with Gasteiger partial charge in [-0.2, -0.15) is 11.3 Å². The molecule has 0 radical (unpaired) electrons. The van der Waals surface area contributed by atoms with E-state index in [1.807, 2.05) is 0 Å². The molecule has 3 heteroatoms. The Morgan fingerprint density at radius 3 is 2.85 bits per heavy atom. The van der Waals surface area contributed by atoms with Crippen LogP contribution in [0.3, 0.4) is 0 Å². The largest absolute Gasteiger partial charge is 0.329 e. The number of hydrogen-bond acceptors (Lipinski definition) is 3. The first-order chi connectivity index (χ1) is 6.29. The van der Waals surface area contributed by atoms with Crippen LogP contribution in [0.4, 0.5) is 0 Å².